The summed E-state index contributed by atoms with van der Waals surface area (Å²) in [5.41, 5.74) is 0.771. The third-order valence-electron chi connectivity index (χ3n) is 3.00. The molecular formula is C15H24N2O4. The van der Waals surface area contributed by atoms with Gasteiger partial charge in [0, 0.05) is 12.6 Å². The predicted octanol–water partition coefficient (Wildman–Crippen LogP) is 2.49. The summed E-state index contributed by atoms with van der Waals surface area (Å²) in [5.74, 6) is 0.721. The van der Waals surface area contributed by atoms with Crippen LogP contribution in [0.25, 0.3) is 0 Å². The van der Waals surface area contributed by atoms with Crippen LogP contribution in [0.2, 0.25) is 0 Å². The van der Waals surface area contributed by atoms with E-state index in [9.17, 15) is 15.2 Å². The molecule has 0 heterocycles. The number of hydrogen-bond donors (Lipinski definition) is 2. The standard InChI is InChI=1S/C15H24N2O4/c1-4-13(18)10-21-15-6-5-12(7-14(15)17(19)20)9-16-8-11(2)3/h5-7,11,13,16,18H,4,8-10H2,1-3H3. The number of benzene rings is 1. The molecule has 0 fully saturated rings. The highest BCUT2D eigenvalue weighted by Gasteiger charge is 2.17. The van der Waals surface area contributed by atoms with Crippen molar-refractivity contribution in [2.75, 3.05) is 13.2 Å². The van der Waals surface area contributed by atoms with Gasteiger partial charge in [0.25, 0.3) is 0 Å². The minimum atomic E-state index is -0.614. The van der Waals surface area contributed by atoms with Crippen LogP contribution in [-0.4, -0.2) is 29.3 Å². The van der Waals surface area contributed by atoms with Crippen molar-refractivity contribution in [1.82, 2.24) is 5.32 Å². The molecule has 0 radical (unpaired) electrons. The van der Waals surface area contributed by atoms with Crippen molar-refractivity contribution >= 4 is 5.69 Å². The van der Waals surface area contributed by atoms with Gasteiger partial charge in [-0.3, -0.25) is 10.1 Å². The van der Waals surface area contributed by atoms with Crippen molar-refractivity contribution in [3.05, 3.63) is 33.9 Å². The number of nitro groups is 1. The highest BCUT2D eigenvalue weighted by atomic mass is 16.6. The summed E-state index contributed by atoms with van der Waals surface area (Å²) >= 11 is 0. The van der Waals surface area contributed by atoms with Gasteiger partial charge in [-0.25, -0.2) is 0 Å². The molecule has 1 rings (SSSR count). The Morgan fingerprint density at radius 2 is 2.14 bits per heavy atom. The van der Waals surface area contributed by atoms with Gasteiger partial charge in [0.2, 0.25) is 0 Å². The Bertz CT molecular complexity index is 463. The second kappa shape index (κ2) is 8.59. The van der Waals surface area contributed by atoms with Gasteiger partial charge in [0.05, 0.1) is 11.0 Å². The monoisotopic (exact) mass is 296 g/mol. The Morgan fingerprint density at radius 1 is 1.43 bits per heavy atom. The van der Waals surface area contributed by atoms with Gasteiger partial charge in [0.15, 0.2) is 5.75 Å². The lowest BCUT2D eigenvalue weighted by Gasteiger charge is -2.12. The molecule has 0 aliphatic heterocycles. The Hall–Kier alpha value is -1.66. The summed E-state index contributed by atoms with van der Waals surface area (Å²) < 4.78 is 5.34. The molecule has 6 nitrogen and oxygen atoms in total. The molecule has 0 amide bonds. The van der Waals surface area contributed by atoms with E-state index in [-0.39, 0.29) is 18.0 Å². The molecule has 2 N–H and O–H groups in total. The minimum Gasteiger partial charge on any atom is -0.484 e. The first-order chi connectivity index (χ1) is 9.93. The van der Waals surface area contributed by atoms with Crippen LogP contribution in [0.5, 0.6) is 5.75 Å². The van der Waals surface area contributed by atoms with Gasteiger partial charge in [-0.2, -0.15) is 0 Å². The second-order valence-electron chi connectivity index (χ2n) is 5.46. The van der Waals surface area contributed by atoms with E-state index < -0.39 is 11.0 Å². The van der Waals surface area contributed by atoms with Crippen LogP contribution in [0.4, 0.5) is 5.69 Å². The molecule has 6 heteroatoms. The van der Waals surface area contributed by atoms with E-state index in [1.165, 1.54) is 6.07 Å². The van der Waals surface area contributed by atoms with Crippen LogP contribution < -0.4 is 10.1 Å². The van der Waals surface area contributed by atoms with E-state index >= 15 is 0 Å². The van der Waals surface area contributed by atoms with Crippen LogP contribution in [0.15, 0.2) is 18.2 Å². The highest BCUT2D eigenvalue weighted by Crippen LogP contribution is 2.28. The number of aliphatic hydroxyl groups is 1. The lowest BCUT2D eigenvalue weighted by atomic mass is 10.1. The van der Waals surface area contributed by atoms with E-state index in [4.69, 9.17) is 4.74 Å². The summed E-state index contributed by atoms with van der Waals surface area (Å²) in [7, 11) is 0. The van der Waals surface area contributed by atoms with Gasteiger partial charge in [-0.1, -0.05) is 26.8 Å². The minimum absolute atomic E-state index is 0.0578. The largest absolute Gasteiger partial charge is 0.484 e. The highest BCUT2D eigenvalue weighted by molar-refractivity contribution is 5.48. The molecule has 0 saturated heterocycles. The summed E-state index contributed by atoms with van der Waals surface area (Å²) in [4.78, 5) is 10.7. The maximum Gasteiger partial charge on any atom is 0.311 e. The molecule has 1 unspecified atom stereocenters. The quantitative estimate of drug-likeness (QED) is 0.540. The van der Waals surface area contributed by atoms with Crippen molar-refractivity contribution in [1.29, 1.82) is 0 Å². The first kappa shape index (κ1) is 17.4. The molecule has 0 aromatic heterocycles. The van der Waals surface area contributed by atoms with E-state index in [0.29, 0.717) is 18.9 Å². The van der Waals surface area contributed by atoms with E-state index in [1.807, 2.05) is 6.92 Å². The summed E-state index contributed by atoms with van der Waals surface area (Å²) in [5, 5.41) is 23.8. The maximum atomic E-state index is 11.1. The zero-order valence-electron chi connectivity index (χ0n) is 12.8. The number of hydrogen-bond acceptors (Lipinski definition) is 5. The molecule has 0 bridgehead atoms. The summed E-state index contributed by atoms with van der Waals surface area (Å²) in [6.07, 6.45) is -0.0673. The normalized spacial score (nSPS) is 12.4. The SMILES string of the molecule is CCC(O)COc1ccc(CNCC(C)C)cc1[N+](=O)[O-]. The molecule has 1 aromatic carbocycles. The number of rotatable bonds is 9. The Morgan fingerprint density at radius 3 is 2.71 bits per heavy atom. The Kier molecular flexibility index (Phi) is 7.11. The van der Waals surface area contributed by atoms with Crippen molar-refractivity contribution in [3.63, 3.8) is 0 Å². The van der Waals surface area contributed by atoms with Gasteiger partial charge in [0.1, 0.15) is 6.61 Å². The third kappa shape index (κ3) is 6.10. The molecule has 1 atom stereocenters. The fourth-order valence-corrected chi connectivity index (χ4v) is 1.75. The first-order valence-electron chi connectivity index (χ1n) is 7.22. The first-order valence-corrected chi connectivity index (χ1v) is 7.22. The molecule has 1 aromatic rings. The smallest absolute Gasteiger partial charge is 0.311 e. The molecule has 0 aliphatic rings. The van der Waals surface area contributed by atoms with Crippen LogP contribution in [0, 0.1) is 16.0 Å². The van der Waals surface area contributed by atoms with Crippen molar-refractivity contribution in [2.24, 2.45) is 5.92 Å². The van der Waals surface area contributed by atoms with Crippen LogP contribution in [0.3, 0.4) is 0 Å². The third-order valence-corrected chi connectivity index (χ3v) is 3.00. The topological polar surface area (TPSA) is 84.6 Å². The van der Waals surface area contributed by atoms with E-state index in [0.717, 1.165) is 12.1 Å². The molecule has 0 spiro atoms. The number of ether oxygens (including phenoxy) is 1. The second-order valence-corrected chi connectivity index (χ2v) is 5.46. The molecule has 0 aliphatic carbocycles. The fourth-order valence-electron chi connectivity index (χ4n) is 1.75. The summed E-state index contributed by atoms with van der Waals surface area (Å²) in [6.45, 7) is 7.52. The lowest BCUT2D eigenvalue weighted by molar-refractivity contribution is -0.386. The van der Waals surface area contributed by atoms with E-state index in [1.54, 1.807) is 12.1 Å². The molecular weight excluding hydrogens is 272 g/mol. The maximum absolute atomic E-state index is 11.1. The lowest BCUT2D eigenvalue weighted by Crippen LogP contribution is -2.19. The molecule has 21 heavy (non-hydrogen) atoms. The van der Waals surface area contributed by atoms with E-state index in [2.05, 4.69) is 19.2 Å². The van der Waals surface area contributed by atoms with Gasteiger partial charge < -0.3 is 15.2 Å². The van der Waals surface area contributed by atoms with Gasteiger partial charge in [-0.15, -0.1) is 0 Å². The van der Waals surface area contributed by atoms with Crippen molar-refractivity contribution < 1.29 is 14.8 Å². The van der Waals surface area contributed by atoms with Gasteiger partial charge in [-0.05, 0) is 30.5 Å². The fraction of sp³-hybridized carbons (Fsp3) is 0.600. The van der Waals surface area contributed by atoms with Crippen LogP contribution in [0.1, 0.15) is 32.8 Å². The predicted molar refractivity (Wildman–Crippen MR) is 81.4 cm³/mol. The number of nitro benzene ring substituents is 1. The summed E-state index contributed by atoms with van der Waals surface area (Å²) in [6, 6.07) is 4.90. The van der Waals surface area contributed by atoms with Gasteiger partial charge >= 0.3 is 5.69 Å². The average Bonchev–Trinajstić information content (AvgIpc) is 2.44. The van der Waals surface area contributed by atoms with Crippen LogP contribution in [-0.2, 0) is 6.54 Å². The van der Waals surface area contributed by atoms with Crippen molar-refractivity contribution in [2.45, 2.75) is 39.8 Å². The van der Waals surface area contributed by atoms with Crippen LogP contribution >= 0.6 is 0 Å². The number of nitrogens with one attached hydrogen (secondary N) is 1. The zero-order chi connectivity index (χ0) is 15.8. The average molecular weight is 296 g/mol. The Labute approximate surface area is 125 Å². The molecule has 0 saturated carbocycles. The zero-order valence-corrected chi connectivity index (χ0v) is 12.8. The van der Waals surface area contributed by atoms with Crippen molar-refractivity contribution in [3.8, 4) is 5.75 Å². The molecule has 118 valence electrons. The Balaban J connectivity index is 2.74. The number of aliphatic hydroxyl groups excluding tert-OH is 1. The number of nitrogens with zero attached hydrogens (tertiary/aromatic N) is 1.